The third-order valence-electron chi connectivity index (χ3n) is 2.62. The van der Waals surface area contributed by atoms with Crippen LogP contribution in [0.15, 0.2) is 12.2 Å². The summed E-state index contributed by atoms with van der Waals surface area (Å²) in [5, 5.41) is 11.5. The zero-order valence-electron chi connectivity index (χ0n) is 11.0. The van der Waals surface area contributed by atoms with Gasteiger partial charge >= 0.3 is 12.0 Å². The smallest absolute Gasteiger partial charge is 0.317 e. The van der Waals surface area contributed by atoms with E-state index in [1.807, 2.05) is 13.8 Å². The van der Waals surface area contributed by atoms with Crippen LogP contribution < -0.4 is 5.32 Å². The monoisotopic (exact) mass is 242 g/mol. The molecule has 2 N–H and O–H groups in total. The minimum absolute atomic E-state index is 0.254. The molecule has 0 aromatic heterocycles. The van der Waals surface area contributed by atoms with Gasteiger partial charge in [-0.15, -0.1) is 0 Å². The number of amides is 2. The number of carbonyl (C=O) groups is 2. The predicted octanol–water partition coefficient (Wildman–Crippen LogP) is 1.70. The number of nitrogens with one attached hydrogen (secondary N) is 1. The first-order valence-corrected chi connectivity index (χ1v) is 5.72. The summed E-state index contributed by atoms with van der Waals surface area (Å²) >= 11 is 0. The van der Waals surface area contributed by atoms with Crippen LogP contribution in [-0.2, 0) is 4.79 Å². The predicted molar refractivity (Wildman–Crippen MR) is 66.9 cm³/mol. The Hall–Kier alpha value is -1.52. The normalized spacial score (nSPS) is 13.6. The average Bonchev–Trinajstić information content (AvgIpc) is 2.23. The molecule has 2 unspecified atom stereocenters. The van der Waals surface area contributed by atoms with Crippen LogP contribution in [0.2, 0.25) is 0 Å². The SMILES string of the molecule is C=C(C)CN(CC)C(=O)NC(C)C(C)C(=O)O. The van der Waals surface area contributed by atoms with Crippen LogP contribution in [0.3, 0.4) is 0 Å². The maximum absolute atomic E-state index is 11.8. The molecular weight excluding hydrogens is 220 g/mol. The van der Waals surface area contributed by atoms with E-state index < -0.39 is 17.9 Å². The van der Waals surface area contributed by atoms with Crippen molar-refractivity contribution in [3.63, 3.8) is 0 Å². The van der Waals surface area contributed by atoms with Gasteiger partial charge in [-0.3, -0.25) is 4.79 Å². The van der Waals surface area contributed by atoms with E-state index in [-0.39, 0.29) is 6.03 Å². The third kappa shape index (κ3) is 5.38. The third-order valence-corrected chi connectivity index (χ3v) is 2.62. The van der Waals surface area contributed by atoms with Crippen molar-refractivity contribution in [2.45, 2.75) is 33.7 Å². The van der Waals surface area contributed by atoms with Gasteiger partial charge in [-0.1, -0.05) is 12.2 Å². The zero-order chi connectivity index (χ0) is 13.6. The second kappa shape index (κ2) is 6.93. The van der Waals surface area contributed by atoms with Gasteiger partial charge in [0.25, 0.3) is 0 Å². The number of likely N-dealkylation sites (N-methyl/N-ethyl adjacent to an activating group) is 1. The highest BCUT2D eigenvalue weighted by atomic mass is 16.4. The van der Waals surface area contributed by atoms with E-state index in [0.717, 1.165) is 5.57 Å². The summed E-state index contributed by atoms with van der Waals surface area (Å²) in [6.45, 7) is 11.8. The van der Waals surface area contributed by atoms with Gasteiger partial charge < -0.3 is 15.3 Å². The highest BCUT2D eigenvalue weighted by Gasteiger charge is 2.22. The Morgan fingerprint density at radius 3 is 2.29 bits per heavy atom. The second-order valence-corrected chi connectivity index (χ2v) is 4.34. The van der Waals surface area contributed by atoms with Crippen molar-refractivity contribution >= 4 is 12.0 Å². The topological polar surface area (TPSA) is 69.6 Å². The summed E-state index contributed by atoms with van der Waals surface area (Å²) in [5.41, 5.74) is 0.890. The van der Waals surface area contributed by atoms with Gasteiger partial charge in [0.15, 0.2) is 0 Å². The van der Waals surface area contributed by atoms with E-state index in [1.165, 1.54) is 0 Å². The van der Waals surface area contributed by atoms with E-state index in [1.54, 1.807) is 18.7 Å². The fourth-order valence-electron chi connectivity index (χ4n) is 1.28. The number of rotatable bonds is 6. The molecule has 0 bridgehead atoms. The van der Waals surface area contributed by atoms with Crippen LogP contribution in [0.1, 0.15) is 27.7 Å². The molecule has 17 heavy (non-hydrogen) atoms. The molecule has 0 fully saturated rings. The molecule has 0 aliphatic rings. The minimum atomic E-state index is -0.916. The first-order valence-electron chi connectivity index (χ1n) is 5.72. The molecule has 0 spiro atoms. The van der Waals surface area contributed by atoms with Crippen molar-refractivity contribution in [1.82, 2.24) is 10.2 Å². The van der Waals surface area contributed by atoms with Crippen molar-refractivity contribution in [3.05, 3.63) is 12.2 Å². The Labute approximate surface area is 102 Å². The Morgan fingerprint density at radius 1 is 1.41 bits per heavy atom. The lowest BCUT2D eigenvalue weighted by Gasteiger charge is -2.25. The fraction of sp³-hybridized carbons (Fsp3) is 0.667. The molecule has 2 amide bonds. The number of carbonyl (C=O) groups excluding carboxylic acids is 1. The van der Waals surface area contributed by atoms with Gasteiger partial charge in [0, 0.05) is 19.1 Å². The van der Waals surface area contributed by atoms with Gasteiger partial charge in [-0.2, -0.15) is 0 Å². The van der Waals surface area contributed by atoms with Gasteiger partial charge in [0.05, 0.1) is 5.92 Å². The molecular formula is C12H22N2O3. The number of carboxylic acids is 1. The van der Waals surface area contributed by atoms with Crippen molar-refractivity contribution < 1.29 is 14.7 Å². The van der Waals surface area contributed by atoms with Crippen molar-refractivity contribution in [2.75, 3.05) is 13.1 Å². The number of hydrogen-bond donors (Lipinski definition) is 2. The standard InChI is InChI=1S/C12H22N2O3/c1-6-14(7-8(2)3)12(17)13-10(5)9(4)11(15)16/h9-10H,2,6-7H2,1,3-5H3,(H,13,17)(H,15,16). The average molecular weight is 242 g/mol. The Bertz CT molecular complexity index is 302. The number of hydrogen-bond acceptors (Lipinski definition) is 2. The molecule has 98 valence electrons. The minimum Gasteiger partial charge on any atom is -0.481 e. The van der Waals surface area contributed by atoms with Crippen LogP contribution >= 0.6 is 0 Å². The maximum Gasteiger partial charge on any atom is 0.317 e. The van der Waals surface area contributed by atoms with Crippen LogP contribution in [-0.4, -0.2) is 41.1 Å². The summed E-state index contributed by atoms with van der Waals surface area (Å²) in [5.74, 6) is -1.52. The van der Waals surface area contributed by atoms with Gasteiger partial charge in [-0.25, -0.2) is 4.79 Å². The summed E-state index contributed by atoms with van der Waals surface area (Å²) in [6.07, 6.45) is 0. The second-order valence-electron chi connectivity index (χ2n) is 4.34. The highest BCUT2D eigenvalue weighted by molar-refractivity contribution is 5.76. The van der Waals surface area contributed by atoms with Gasteiger partial charge in [0.2, 0.25) is 0 Å². The number of aliphatic carboxylic acids is 1. The molecule has 0 heterocycles. The van der Waals surface area contributed by atoms with E-state index >= 15 is 0 Å². The quantitative estimate of drug-likeness (QED) is 0.696. The van der Waals surface area contributed by atoms with E-state index in [4.69, 9.17) is 5.11 Å². The first-order chi connectivity index (χ1) is 7.79. The summed E-state index contributed by atoms with van der Waals surface area (Å²) in [6, 6.07) is -0.657. The Morgan fingerprint density at radius 2 is 1.94 bits per heavy atom. The molecule has 2 atom stereocenters. The first kappa shape index (κ1) is 15.5. The van der Waals surface area contributed by atoms with Crippen LogP contribution in [0.25, 0.3) is 0 Å². The molecule has 0 aromatic carbocycles. The highest BCUT2D eigenvalue weighted by Crippen LogP contribution is 2.04. The summed E-state index contributed by atoms with van der Waals surface area (Å²) < 4.78 is 0. The molecule has 0 saturated carbocycles. The number of urea groups is 1. The van der Waals surface area contributed by atoms with Crippen LogP contribution in [0.5, 0.6) is 0 Å². The Kier molecular flexibility index (Phi) is 6.31. The molecule has 0 aromatic rings. The fourth-order valence-corrected chi connectivity index (χ4v) is 1.28. The van der Waals surface area contributed by atoms with Crippen molar-refractivity contribution in [1.29, 1.82) is 0 Å². The van der Waals surface area contributed by atoms with Gasteiger partial charge in [0.1, 0.15) is 0 Å². The van der Waals surface area contributed by atoms with E-state index in [0.29, 0.717) is 13.1 Å². The molecule has 0 aliphatic carbocycles. The summed E-state index contributed by atoms with van der Waals surface area (Å²) in [4.78, 5) is 24.2. The lowest BCUT2D eigenvalue weighted by molar-refractivity contribution is -0.141. The molecule has 0 radical (unpaired) electrons. The summed E-state index contributed by atoms with van der Waals surface area (Å²) in [7, 11) is 0. The van der Waals surface area contributed by atoms with E-state index in [2.05, 4.69) is 11.9 Å². The number of carboxylic acid groups (broad SMARTS) is 1. The van der Waals surface area contributed by atoms with Gasteiger partial charge in [-0.05, 0) is 27.7 Å². The Balaban J connectivity index is 4.40. The van der Waals surface area contributed by atoms with Crippen molar-refractivity contribution in [3.8, 4) is 0 Å². The maximum atomic E-state index is 11.8. The zero-order valence-corrected chi connectivity index (χ0v) is 11.0. The van der Waals surface area contributed by atoms with Crippen LogP contribution in [0.4, 0.5) is 4.79 Å². The molecule has 0 saturated heterocycles. The van der Waals surface area contributed by atoms with Crippen molar-refractivity contribution in [2.24, 2.45) is 5.92 Å². The van der Waals surface area contributed by atoms with Crippen LogP contribution in [0, 0.1) is 5.92 Å². The number of nitrogens with zero attached hydrogens (tertiary/aromatic N) is 1. The largest absolute Gasteiger partial charge is 0.481 e. The molecule has 5 nitrogen and oxygen atoms in total. The lowest BCUT2D eigenvalue weighted by atomic mass is 10.0. The van der Waals surface area contributed by atoms with E-state index in [9.17, 15) is 9.59 Å². The molecule has 0 aliphatic heterocycles. The lowest BCUT2D eigenvalue weighted by Crippen LogP contribution is -2.47. The molecule has 5 heteroatoms. The molecule has 0 rings (SSSR count).